The lowest BCUT2D eigenvalue weighted by molar-refractivity contribution is -0.174. The molecule has 1 saturated heterocycles. The molecule has 184 valence electrons. The van der Waals surface area contributed by atoms with E-state index >= 15 is 0 Å². The van der Waals surface area contributed by atoms with E-state index in [1.807, 2.05) is 26.0 Å². The molecule has 9 nitrogen and oxygen atoms in total. The molecular formula is C22H29F3N8O. The zero-order valence-corrected chi connectivity index (χ0v) is 19.6. The number of halogens is 3. The first kappa shape index (κ1) is 24.1. The van der Waals surface area contributed by atoms with Crippen molar-refractivity contribution in [3.05, 3.63) is 29.6 Å². The molecule has 34 heavy (non-hydrogen) atoms. The minimum Gasteiger partial charge on any atom is -0.370 e. The molecule has 0 bridgehead atoms. The molecule has 0 amide bonds. The van der Waals surface area contributed by atoms with Crippen molar-refractivity contribution in [2.45, 2.75) is 52.5 Å². The quantitative estimate of drug-likeness (QED) is 0.500. The molecule has 3 aromatic rings. The Bertz CT molecular complexity index is 1120. The van der Waals surface area contributed by atoms with E-state index in [9.17, 15) is 13.2 Å². The van der Waals surface area contributed by atoms with Crippen LogP contribution in [0, 0.1) is 13.8 Å². The van der Waals surface area contributed by atoms with Crippen molar-refractivity contribution in [1.29, 1.82) is 0 Å². The Balaban J connectivity index is 1.70. The van der Waals surface area contributed by atoms with Gasteiger partial charge in [-0.25, -0.2) is 9.97 Å². The predicted molar refractivity (Wildman–Crippen MR) is 123 cm³/mol. The first-order valence-corrected chi connectivity index (χ1v) is 11.2. The van der Waals surface area contributed by atoms with Gasteiger partial charge in [-0.1, -0.05) is 6.07 Å². The zero-order valence-electron chi connectivity index (χ0n) is 19.6. The number of aryl methyl sites for hydroxylation is 2. The van der Waals surface area contributed by atoms with Crippen molar-refractivity contribution in [2.75, 3.05) is 36.5 Å². The first-order chi connectivity index (χ1) is 16.1. The molecule has 0 radical (unpaired) electrons. The number of piperazine rings is 1. The van der Waals surface area contributed by atoms with Crippen molar-refractivity contribution >= 4 is 28.6 Å². The number of aromatic nitrogens is 5. The maximum absolute atomic E-state index is 12.5. The number of hydrogen-bond acceptors (Lipinski definition) is 8. The van der Waals surface area contributed by atoms with Crippen LogP contribution in [0.25, 0.3) is 11.0 Å². The number of ether oxygens (including phenoxy) is 1. The number of nitrogens with zero attached hydrogens (tertiary/aromatic N) is 6. The van der Waals surface area contributed by atoms with E-state index in [0.29, 0.717) is 34.3 Å². The van der Waals surface area contributed by atoms with E-state index < -0.39 is 12.8 Å². The number of anilines is 3. The van der Waals surface area contributed by atoms with Gasteiger partial charge < -0.3 is 20.3 Å². The number of rotatable bonds is 7. The highest BCUT2D eigenvalue weighted by Gasteiger charge is 2.28. The third kappa shape index (κ3) is 5.73. The van der Waals surface area contributed by atoms with Gasteiger partial charge in [0.2, 0.25) is 5.95 Å². The van der Waals surface area contributed by atoms with E-state index in [1.54, 1.807) is 10.9 Å². The largest absolute Gasteiger partial charge is 0.411 e. The van der Waals surface area contributed by atoms with Gasteiger partial charge in [0, 0.05) is 31.4 Å². The molecule has 2 N–H and O–H groups in total. The van der Waals surface area contributed by atoms with Gasteiger partial charge in [0.25, 0.3) is 0 Å². The smallest absolute Gasteiger partial charge is 0.370 e. The second-order valence-electron chi connectivity index (χ2n) is 8.77. The van der Waals surface area contributed by atoms with Crippen molar-refractivity contribution in [1.82, 2.24) is 30.0 Å². The molecule has 4 rings (SSSR count). The minimum atomic E-state index is -4.37. The van der Waals surface area contributed by atoms with Crippen molar-refractivity contribution in [2.24, 2.45) is 0 Å². The Hall–Kier alpha value is -2.99. The first-order valence-electron chi connectivity index (χ1n) is 11.2. The van der Waals surface area contributed by atoms with Crippen LogP contribution in [0.1, 0.15) is 25.1 Å². The van der Waals surface area contributed by atoms with Gasteiger partial charge in [-0.15, -0.1) is 0 Å². The van der Waals surface area contributed by atoms with Crippen LogP contribution >= 0.6 is 0 Å². The Morgan fingerprint density at radius 1 is 1.15 bits per heavy atom. The van der Waals surface area contributed by atoms with E-state index in [0.717, 1.165) is 18.7 Å². The minimum absolute atomic E-state index is 0.126. The summed E-state index contributed by atoms with van der Waals surface area (Å²) >= 11 is 0. The Morgan fingerprint density at radius 3 is 2.53 bits per heavy atom. The Morgan fingerprint density at radius 2 is 1.88 bits per heavy atom. The topological polar surface area (TPSA) is 93.0 Å². The molecule has 0 aromatic carbocycles. The number of hydrogen-bond donors (Lipinski definition) is 2. The molecule has 4 heterocycles. The lowest BCUT2D eigenvalue weighted by Crippen LogP contribution is -2.54. The molecule has 0 aliphatic carbocycles. The fourth-order valence-corrected chi connectivity index (χ4v) is 4.10. The van der Waals surface area contributed by atoms with Gasteiger partial charge >= 0.3 is 6.18 Å². The van der Waals surface area contributed by atoms with Gasteiger partial charge in [-0.2, -0.15) is 23.3 Å². The van der Waals surface area contributed by atoms with E-state index in [-0.39, 0.29) is 25.2 Å². The van der Waals surface area contributed by atoms with Crippen LogP contribution in [-0.4, -0.2) is 69.3 Å². The molecule has 1 aliphatic heterocycles. The molecule has 0 unspecified atom stereocenters. The number of nitrogens with one attached hydrogen (secondary N) is 2. The average molecular weight is 479 g/mol. The second kappa shape index (κ2) is 9.71. The molecule has 3 aromatic heterocycles. The summed E-state index contributed by atoms with van der Waals surface area (Å²) in [4.78, 5) is 16.1. The predicted octanol–water partition coefficient (Wildman–Crippen LogP) is 3.35. The number of pyridine rings is 1. The van der Waals surface area contributed by atoms with E-state index in [4.69, 9.17) is 14.7 Å². The molecule has 1 aliphatic rings. The molecule has 0 spiro atoms. The summed E-state index contributed by atoms with van der Waals surface area (Å²) in [6.45, 7) is 8.17. The highest BCUT2D eigenvalue weighted by Crippen LogP contribution is 2.29. The standard InChI is InChI=1S/C22H29F3N8O/c1-13-5-6-17(26-9-13)28-20-19-18(16(4)31-33(19)7-8-34-12-22(23,24)25)29-21(30-20)32-10-14(2)27-15(3)11-32/h5-6,9,14-15,27H,7-8,10-12H2,1-4H3,(H,26,28,29,30)/t14-,15+. The van der Waals surface area contributed by atoms with Crippen LogP contribution < -0.4 is 15.5 Å². The summed E-state index contributed by atoms with van der Waals surface area (Å²) < 4.78 is 43.8. The average Bonchev–Trinajstić information content (AvgIpc) is 3.07. The monoisotopic (exact) mass is 478 g/mol. The Labute approximate surface area is 195 Å². The van der Waals surface area contributed by atoms with Gasteiger partial charge in [0.05, 0.1) is 18.8 Å². The maximum atomic E-state index is 12.5. The van der Waals surface area contributed by atoms with Crippen LogP contribution in [0.5, 0.6) is 0 Å². The van der Waals surface area contributed by atoms with Gasteiger partial charge in [0.15, 0.2) is 5.82 Å². The van der Waals surface area contributed by atoms with Crippen molar-refractivity contribution < 1.29 is 17.9 Å². The highest BCUT2D eigenvalue weighted by molar-refractivity contribution is 5.90. The van der Waals surface area contributed by atoms with E-state index in [1.165, 1.54) is 0 Å². The summed E-state index contributed by atoms with van der Waals surface area (Å²) in [6.07, 6.45) is -2.63. The number of alkyl halides is 3. The third-order valence-corrected chi connectivity index (χ3v) is 5.46. The molecule has 12 heteroatoms. The van der Waals surface area contributed by atoms with Crippen LogP contribution in [0.4, 0.5) is 30.8 Å². The lowest BCUT2D eigenvalue weighted by atomic mass is 10.1. The third-order valence-electron chi connectivity index (χ3n) is 5.46. The lowest BCUT2D eigenvalue weighted by Gasteiger charge is -2.36. The van der Waals surface area contributed by atoms with Crippen LogP contribution in [0.3, 0.4) is 0 Å². The molecule has 0 saturated carbocycles. The highest BCUT2D eigenvalue weighted by atomic mass is 19.4. The van der Waals surface area contributed by atoms with Crippen LogP contribution in [0.2, 0.25) is 0 Å². The van der Waals surface area contributed by atoms with Gasteiger partial charge in [0.1, 0.15) is 23.5 Å². The summed E-state index contributed by atoms with van der Waals surface area (Å²) in [5.41, 5.74) is 2.90. The van der Waals surface area contributed by atoms with Crippen LogP contribution in [0.15, 0.2) is 18.3 Å². The zero-order chi connectivity index (χ0) is 24.5. The summed E-state index contributed by atoms with van der Waals surface area (Å²) in [6, 6.07) is 4.32. The van der Waals surface area contributed by atoms with Crippen LogP contribution in [-0.2, 0) is 11.3 Å². The summed E-state index contributed by atoms with van der Waals surface area (Å²) in [5, 5.41) is 11.3. The van der Waals surface area contributed by atoms with E-state index in [2.05, 4.69) is 39.5 Å². The maximum Gasteiger partial charge on any atom is 0.411 e. The Kier molecular flexibility index (Phi) is 6.89. The second-order valence-corrected chi connectivity index (χ2v) is 8.77. The molecule has 2 atom stereocenters. The van der Waals surface area contributed by atoms with Gasteiger partial charge in [-0.05, 0) is 39.3 Å². The number of fused-ring (bicyclic) bond motifs is 1. The molecular weight excluding hydrogens is 449 g/mol. The summed E-state index contributed by atoms with van der Waals surface area (Å²) in [7, 11) is 0. The van der Waals surface area contributed by atoms with Crippen molar-refractivity contribution in [3.63, 3.8) is 0 Å². The fourth-order valence-electron chi connectivity index (χ4n) is 4.10. The SMILES string of the molecule is Cc1ccc(Nc2nc(N3C[C@@H](C)N[C@@H](C)C3)nc3c(C)nn(CCOCC(F)(F)F)c23)nc1. The normalized spacial score (nSPS) is 19.1. The fraction of sp³-hybridized carbons (Fsp3) is 0.545. The van der Waals surface area contributed by atoms with Gasteiger partial charge in [-0.3, -0.25) is 4.68 Å². The van der Waals surface area contributed by atoms with Crippen molar-refractivity contribution in [3.8, 4) is 0 Å². The summed E-state index contributed by atoms with van der Waals surface area (Å²) in [5.74, 6) is 1.65. The molecule has 1 fully saturated rings.